The first-order valence-corrected chi connectivity index (χ1v) is 6.07. The predicted molar refractivity (Wildman–Crippen MR) is 67.1 cm³/mol. The Bertz CT molecular complexity index is 505. The number of ether oxygens (including phenoxy) is 1. The maximum Gasteiger partial charge on any atom is 0.170 e. The van der Waals surface area contributed by atoms with Crippen molar-refractivity contribution in [1.82, 2.24) is 0 Å². The van der Waals surface area contributed by atoms with E-state index in [1.807, 2.05) is 19.9 Å². The molecule has 3 rings (SSSR count). The van der Waals surface area contributed by atoms with Gasteiger partial charge in [-0.15, -0.1) is 0 Å². The van der Waals surface area contributed by atoms with Crippen LogP contribution in [0.25, 0.3) is 0 Å². The molecule has 0 aliphatic carbocycles. The summed E-state index contributed by atoms with van der Waals surface area (Å²) < 4.78 is 5.91. The van der Waals surface area contributed by atoms with Crippen molar-refractivity contribution in [3.8, 4) is 5.75 Å². The minimum absolute atomic E-state index is 0.225. The summed E-state index contributed by atoms with van der Waals surface area (Å²) in [6, 6.07) is 4.00. The van der Waals surface area contributed by atoms with Crippen LogP contribution in [0.15, 0.2) is 12.1 Å². The third-order valence-electron chi connectivity index (χ3n) is 3.61. The number of fused-ring (bicyclic) bond motifs is 3. The fraction of sp³-hybridized carbons (Fsp3) is 0.500. The normalized spacial score (nSPS) is 20.9. The number of rotatable bonds is 0. The lowest BCUT2D eigenvalue weighted by atomic mass is 9.89. The molecule has 0 radical (unpaired) electrons. The van der Waals surface area contributed by atoms with Gasteiger partial charge in [0.15, 0.2) is 5.78 Å². The van der Waals surface area contributed by atoms with Crippen LogP contribution in [-0.4, -0.2) is 25.0 Å². The molecule has 0 aromatic heterocycles. The number of benzene rings is 1. The molecular weight excluding hydrogens is 214 g/mol. The molecule has 0 fully saturated rings. The monoisotopic (exact) mass is 231 g/mol. The van der Waals surface area contributed by atoms with Crippen molar-refractivity contribution in [2.45, 2.75) is 32.3 Å². The molecule has 3 heteroatoms. The van der Waals surface area contributed by atoms with Gasteiger partial charge in [0.05, 0.1) is 12.0 Å². The number of hydrogen-bond donors (Lipinski definition) is 0. The largest absolute Gasteiger partial charge is 0.487 e. The minimum atomic E-state index is -0.372. The number of carbonyl (C=O) groups is 1. The Morgan fingerprint density at radius 1 is 1.35 bits per heavy atom. The van der Waals surface area contributed by atoms with E-state index in [-0.39, 0.29) is 11.4 Å². The van der Waals surface area contributed by atoms with Gasteiger partial charge in [-0.3, -0.25) is 4.79 Å². The van der Waals surface area contributed by atoms with Crippen molar-refractivity contribution >= 4 is 11.5 Å². The summed E-state index contributed by atoms with van der Waals surface area (Å²) in [5.41, 5.74) is 2.81. The first-order chi connectivity index (χ1) is 7.98. The fourth-order valence-electron chi connectivity index (χ4n) is 2.83. The SMILES string of the molecule is CN1CCc2c1ccc1c2C(=O)CC(C)(C)O1. The maximum atomic E-state index is 12.3. The third kappa shape index (κ3) is 1.53. The first kappa shape index (κ1) is 10.6. The lowest BCUT2D eigenvalue weighted by Gasteiger charge is -2.32. The lowest BCUT2D eigenvalue weighted by Crippen LogP contribution is -2.36. The summed E-state index contributed by atoms with van der Waals surface area (Å²) in [6.07, 6.45) is 1.42. The molecule has 0 atom stereocenters. The number of hydrogen-bond acceptors (Lipinski definition) is 3. The molecule has 1 aromatic rings. The number of likely N-dealkylation sites (N-methyl/N-ethyl adjacent to an activating group) is 1. The molecule has 1 aromatic carbocycles. The molecule has 90 valence electrons. The van der Waals surface area contributed by atoms with Crippen LogP contribution in [0.4, 0.5) is 5.69 Å². The highest BCUT2D eigenvalue weighted by Gasteiger charge is 2.36. The Labute approximate surface area is 101 Å². The summed E-state index contributed by atoms with van der Waals surface area (Å²) in [5.74, 6) is 0.990. The van der Waals surface area contributed by atoms with Crippen LogP contribution >= 0.6 is 0 Å². The van der Waals surface area contributed by atoms with E-state index in [0.717, 1.165) is 24.3 Å². The van der Waals surface area contributed by atoms with E-state index >= 15 is 0 Å². The van der Waals surface area contributed by atoms with E-state index in [9.17, 15) is 4.79 Å². The highest BCUT2D eigenvalue weighted by atomic mass is 16.5. The molecule has 0 spiro atoms. The summed E-state index contributed by atoms with van der Waals surface area (Å²) >= 11 is 0. The summed E-state index contributed by atoms with van der Waals surface area (Å²) in [5, 5.41) is 0. The number of ketones is 1. The zero-order chi connectivity index (χ0) is 12.2. The molecule has 0 amide bonds. The zero-order valence-corrected chi connectivity index (χ0v) is 10.5. The van der Waals surface area contributed by atoms with Crippen LogP contribution in [-0.2, 0) is 6.42 Å². The van der Waals surface area contributed by atoms with Gasteiger partial charge in [-0.05, 0) is 38.0 Å². The van der Waals surface area contributed by atoms with Gasteiger partial charge in [-0.2, -0.15) is 0 Å². The van der Waals surface area contributed by atoms with Crippen molar-refractivity contribution in [2.75, 3.05) is 18.5 Å². The quantitative estimate of drug-likeness (QED) is 0.686. The predicted octanol–water partition coefficient (Wildman–Crippen LogP) is 2.42. The van der Waals surface area contributed by atoms with E-state index in [2.05, 4.69) is 18.0 Å². The molecule has 17 heavy (non-hydrogen) atoms. The van der Waals surface area contributed by atoms with E-state index < -0.39 is 0 Å². The van der Waals surface area contributed by atoms with E-state index in [1.165, 1.54) is 11.3 Å². The van der Waals surface area contributed by atoms with Gasteiger partial charge < -0.3 is 9.64 Å². The lowest BCUT2D eigenvalue weighted by molar-refractivity contribution is 0.0618. The van der Waals surface area contributed by atoms with Crippen LogP contribution < -0.4 is 9.64 Å². The van der Waals surface area contributed by atoms with E-state index in [1.54, 1.807) is 0 Å². The zero-order valence-electron chi connectivity index (χ0n) is 10.5. The Morgan fingerprint density at radius 2 is 2.12 bits per heavy atom. The highest BCUT2D eigenvalue weighted by Crippen LogP contribution is 2.41. The molecule has 0 saturated heterocycles. The van der Waals surface area contributed by atoms with Crippen molar-refractivity contribution < 1.29 is 9.53 Å². The van der Waals surface area contributed by atoms with Crippen molar-refractivity contribution in [2.24, 2.45) is 0 Å². The molecule has 2 heterocycles. The molecule has 2 aliphatic rings. The van der Waals surface area contributed by atoms with Gasteiger partial charge in [0, 0.05) is 19.3 Å². The van der Waals surface area contributed by atoms with Crippen molar-refractivity contribution in [1.29, 1.82) is 0 Å². The van der Waals surface area contributed by atoms with Crippen LogP contribution in [0.5, 0.6) is 5.75 Å². The number of anilines is 1. The standard InChI is InChI=1S/C14H17NO2/c1-14(2)8-11(16)13-9-6-7-15(3)10(9)4-5-12(13)17-14/h4-5H,6-8H2,1-3H3. The summed E-state index contributed by atoms with van der Waals surface area (Å²) in [6.45, 7) is 4.92. The maximum absolute atomic E-state index is 12.3. The van der Waals surface area contributed by atoms with Gasteiger partial charge in [-0.25, -0.2) is 0 Å². The molecule has 0 N–H and O–H groups in total. The molecule has 0 saturated carbocycles. The second-order valence-electron chi connectivity index (χ2n) is 5.57. The second kappa shape index (κ2) is 3.25. The van der Waals surface area contributed by atoms with Crippen LogP contribution in [0.2, 0.25) is 0 Å². The third-order valence-corrected chi connectivity index (χ3v) is 3.61. The topological polar surface area (TPSA) is 29.5 Å². The fourth-order valence-corrected chi connectivity index (χ4v) is 2.83. The summed E-state index contributed by atoms with van der Waals surface area (Å²) in [7, 11) is 2.07. The smallest absolute Gasteiger partial charge is 0.170 e. The Kier molecular flexibility index (Phi) is 2.03. The van der Waals surface area contributed by atoms with Gasteiger partial charge in [0.2, 0.25) is 0 Å². The molecule has 2 aliphatic heterocycles. The first-order valence-electron chi connectivity index (χ1n) is 6.07. The van der Waals surface area contributed by atoms with Gasteiger partial charge in [0.25, 0.3) is 0 Å². The van der Waals surface area contributed by atoms with Gasteiger partial charge >= 0.3 is 0 Å². The average Bonchev–Trinajstić information content (AvgIpc) is 2.57. The number of Topliss-reactive ketones (excluding diaryl/α,β-unsaturated/α-hetero) is 1. The highest BCUT2D eigenvalue weighted by molar-refractivity contribution is 6.03. The molecule has 3 nitrogen and oxygen atoms in total. The minimum Gasteiger partial charge on any atom is -0.487 e. The van der Waals surface area contributed by atoms with Gasteiger partial charge in [-0.1, -0.05) is 0 Å². The average molecular weight is 231 g/mol. The number of carbonyl (C=O) groups excluding carboxylic acids is 1. The molecular formula is C14H17NO2. The van der Waals surface area contributed by atoms with Crippen molar-refractivity contribution in [3.05, 3.63) is 23.3 Å². The summed E-state index contributed by atoms with van der Waals surface area (Å²) in [4.78, 5) is 14.5. The Hall–Kier alpha value is -1.51. The Morgan fingerprint density at radius 3 is 2.88 bits per heavy atom. The van der Waals surface area contributed by atoms with Gasteiger partial charge in [0.1, 0.15) is 11.4 Å². The number of nitrogens with zero attached hydrogens (tertiary/aromatic N) is 1. The van der Waals surface area contributed by atoms with Crippen LogP contribution in [0, 0.1) is 0 Å². The van der Waals surface area contributed by atoms with E-state index in [0.29, 0.717) is 6.42 Å². The van der Waals surface area contributed by atoms with Crippen LogP contribution in [0.1, 0.15) is 36.2 Å². The van der Waals surface area contributed by atoms with Crippen LogP contribution in [0.3, 0.4) is 0 Å². The van der Waals surface area contributed by atoms with E-state index in [4.69, 9.17) is 4.74 Å². The Balaban J connectivity index is 2.17. The van der Waals surface area contributed by atoms with Crippen molar-refractivity contribution in [3.63, 3.8) is 0 Å². The molecule has 0 unspecified atom stereocenters. The second-order valence-corrected chi connectivity index (χ2v) is 5.57. The molecule has 0 bridgehead atoms.